The van der Waals surface area contributed by atoms with Crippen LogP contribution in [-0.2, 0) is 4.79 Å². The van der Waals surface area contributed by atoms with E-state index in [2.05, 4.69) is 6.58 Å². The molecule has 88 valence electrons. The van der Waals surface area contributed by atoms with Crippen molar-refractivity contribution in [2.45, 2.75) is 38.5 Å². The van der Waals surface area contributed by atoms with Gasteiger partial charge in [0.05, 0.1) is 0 Å². The molecule has 0 rings (SSSR count). The van der Waals surface area contributed by atoms with E-state index in [0.717, 1.165) is 32.1 Å². The van der Waals surface area contributed by atoms with E-state index in [1.54, 1.807) is 0 Å². The number of halogens is 3. The fourth-order valence-electron chi connectivity index (χ4n) is 0.918. The summed E-state index contributed by atoms with van der Waals surface area (Å²) < 4.78 is 0. The van der Waals surface area contributed by atoms with Crippen molar-refractivity contribution in [3.05, 3.63) is 12.7 Å². The first-order chi connectivity index (χ1) is 7.00. The summed E-state index contributed by atoms with van der Waals surface area (Å²) in [6.07, 6.45) is 7.37. The zero-order valence-electron chi connectivity index (χ0n) is 8.59. The Bertz CT molecular complexity index is 163. The molecule has 0 unspecified atom stereocenters. The number of hydrogen-bond donors (Lipinski definition) is 1. The maximum absolute atomic E-state index is 10.1. The third kappa shape index (κ3) is 31.3. The minimum atomic E-state index is -1.72. The average molecular weight is 290 g/mol. The molecule has 6 heteroatoms. The Morgan fingerprint density at radius 3 is 2.07 bits per heavy atom. The Balaban J connectivity index is 0. The van der Waals surface area contributed by atoms with Crippen LogP contribution in [0.15, 0.2) is 12.7 Å². The summed E-state index contributed by atoms with van der Waals surface area (Å²) in [5.74, 6) is -0.686. The van der Waals surface area contributed by atoms with E-state index in [1.807, 2.05) is 6.08 Å². The van der Waals surface area contributed by atoms with Crippen molar-refractivity contribution in [2.75, 3.05) is 0 Å². The van der Waals surface area contributed by atoms with Crippen LogP contribution in [0, 0.1) is 0 Å². The highest BCUT2D eigenvalue weighted by Crippen LogP contribution is 2.05. The van der Waals surface area contributed by atoms with Crippen LogP contribution >= 0.6 is 30.1 Å². The third-order valence-corrected chi connectivity index (χ3v) is 1.55. The molecule has 2 nitrogen and oxygen atoms in total. The van der Waals surface area contributed by atoms with Crippen LogP contribution in [0.1, 0.15) is 38.5 Å². The molecule has 0 aromatic heterocycles. The smallest absolute Gasteiger partial charge is 0.481 e. The lowest BCUT2D eigenvalue weighted by atomic mass is 10.1. The fraction of sp³-hybridized carbons (Fsp3) is 0.667. The van der Waals surface area contributed by atoms with Crippen LogP contribution in [0.5, 0.6) is 0 Å². The molecule has 0 amide bonds. The Hall–Kier alpha value is 0.612. The first-order valence-corrected chi connectivity index (χ1v) is 9.99. The van der Waals surface area contributed by atoms with Gasteiger partial charge in [-0.1, -0.05) is 18.9 Å². The second kappa shape index (κ2) is 14.6. The van der Waals surface area contributed by atoms with E-state index < -0.39 is 17.4 Å². The lowest BCUT2D eigenvalue weighted by Crippen LogP contribution is -1.93. The second-order valence-corrected chi connectivity index (χ2v) is 9.32. The summed E-state index contributed by atoms with van der Waals surface area (Å²) in [6, 6.07) is 0. The van der Waals surface area contributed by atoms with Crippen molar-refractivity contribution >= 4 is 47.5 Å². The van der Waals surface area contributed by atoms with E-state index in [-0.39, 0.29) is 0 Å². The highest BCUT2D eigenvalue weighted by molar-refractivity contribution is 7.54. The highest BCUT2D eigenvalue weighted by atomic mass is 35.8. The van der Waals surface area contributed by atoms with Crippen LogP contribution in [0.25, 0.3) is 0 Å². The van der Waals surface area contributed by atoms with Crippen LogP contribution in [0.3, 0.4) is 0 Å². The molecule has 0 radical (unpaired) electrons. The van der Waals surface area contributed by atoms with E-state index in [4.69, 9.17) is 35.3 Å². The normalized spacial score (nSPS) is 8.73. The average Bonchev–Trinajstić information content (AvgIpc) is 2.09. The molecule has 15 heavy (non-hydrogen) atoms. The molecule has 1 N–H and O–H groups in total. The molecular formula is C9H16AlCl3O2. The van der Waals surface area contributed by atoms with Gasteiger partial charge in [0.1, 0.15) is 0 Å². The number of carboxylic acid groups (broad SMARTS) is 1. The Kier molecular flexibility index (Phi) is 17.5. The number of unbranched alkanes of at least 4 members (excludes halogenated alkanes) is 4. The van der Waals surface area contributed by atoms with E-state index >= 15 is 0 Å². The maximum atomic E-state index is 10.1. The van der Waals surface area contributed by atoms with Crippen molar-refractivity contribution in [3.8, 4) is 0 Å². The Morgan fingerprint density at radius 2 is 1.67 bits per heavy atom. The zero-order valence-corrected chi connectivity index (χ0v) is 12.0. The molecule has 0 aliphatic rings. The monoisotopic (exact) mass is 288 g/mol. The predicted octanol–water partition coefficient (Wildman–Crippen LogP) is 4.29. The van der Waals surface area contributed by atoms with Gasteiger partial charge >= 0.3 is 17.4 Å². The van der Waals surface area contributed by atoms with Gasteiger partial charge in [0.2, 0.25) is 0 Å². The predicted molar refractivity (Wildman–Crippen MR) is 68.8 cm³/mol. The topological polar surface area (TPSA) is 37.3 Å². The first-order valence-electron chi connectivity index (χ1n) is 4.75. The van der Waals surface area contributed by atoms with Gasteiger partial charge in [0.25, 0.3) is 0 Å². The lowest BCUT2D eigenvalue weighted by molar-refractivity contribution is -0.137. The lowest BCUT2D eigenvalue weighted by Gasteiger charge is -1.95. The number of carboxylic acids is 1. The molecule has 0 aromatic carbocycles. The number of aliphatic carboxylic acids is 1. The van der Waals surface area contributed by atoms with Gasteiger partial charge in [-0.2, -0.15) is 0 Å². The van der Waals surface area contributed by atoms with Gasteiger partial charge < -0.3 is 5.11 Å². The summed E-state index contributed by atoms with van der Waals surface area (Å²) >= 11 is -1.72. The highest BCUT2D eigenvalue weighted by Gasteiger charge is 2.00. The maximum Gasteiger partial charge on any atom is 0.643 e. The van der Waals surface area contributed by atoms with Crippen molar-refractivity contribution in [1.29, 1.82) is 0 Å². The number of allylic oxidation sites excluding steroid dienone is 1. The Morgan fingerprint density at radius 1 is 1.20 bits per heavy atom. The standard InChI is InChI=1S/C9H16O2.Al.3ClH/c1-2-3-4-5-6-7-8-9(10)11;;;;/h2H,1,3-8H2,(H,10,11);;3*1H/q;+3;;;/p-3. The summed E-state index contributed by atoms with van der Waals surface area (Å²) in [7, 11) is 14.8. The first kappa shape index (κ1) is 18.0. The molecule has 0 atom stereocenters. The van der Waals surface area contributed by atoms with Gasteiger partial charge in [0.15, 0.2) is 0 Å². The second-order valence-electron chi connectivity index (χ2n) is 2.88. The van der Waals surface area contributed by atoms with Crippen molar-refractivity contribution in [2.24, 2.45) is 0 Å². The zero-order chi connectivity index (χ0) is 12.1. The molecule has 0 aliphatic carbocycles. The Labute approximate surface area is 108 Å². The van der Waals surface area contributed by atoms with Crippen LogP contribution < -0.4 is 0 Å². The molecule has 0 fully saturated rings. The third-order valence-electron chi connectivity index (χ3n) is 1.55. The summed E-state index contributed by atoms with van der Waals surface area (Å²) in [6.45, 7) is 3.61. The van der Waals surface area contributed by atoms with Crippen molar-refractivity contribution in [3.63, 3.8) is 0 Å². The van der Waals surface area contributed by atoms with E-state index in [9.17, 15) is 4.79 Å². The minimum Gasteiger partial charge on any atom is -0.481 e. The molecule has 0 aliphatic heterocycles. The van der Waals surface area contributed by atoms with Crippen LogP contribution in [-0.4, -0.2) is 22.5 Å². The van der Waals surface area contributed by atoms with Crippen molar-refractivity contribution < 1.29 is 9.90 Å². The minimum absolute atomic E-state index is 0.314. The molecule has 0 saturated heterocycles. The SMILES string of the molecule is C=CCCCCCCC(=O)O.[Cl][Al]([Cl])[Cl]. The summed E-state index contributed by atoms with van der Waals surface area (Å²) in [5, 5.41) is 8.30. The molecule has 0 spiro atoms. The molecular weight excluding hydrogens is 273 g/mol. The summed E-state index contributed by atoms with van der Waals surface area (Å²) in [4.78, 5) is 10.1. The summed E-state index contributed by atoms with van der Waals surface area (Å²) in [5.41, 5.74) is 0. The van der Waals surface area contributed by atoms with E-state index in [0.29, 0.717) is 6.42 Å². The number of hydrogen-bond acceptors (Lipinski definition) is 1. The molecule has 0 aromatic rings. The van der Waals surface area contributed by atoms with Crippen LogP contribution in [0.4, 0.5) is 0 Å². The van der Waals surface area contributed by atoms with Gasteiger partial charge in [-0.25, -0.2) is 30.1 Å². The number of rotatable bonds is 7. The fourth-order valence-corrected chi connectivity index (χ4v) is 0.918. The van der Waals surface area contributed by atoms with Crippen molar-refractivity contribution in [1.82, 2.24) is 0 Å². The molecule has 0 saturated carbocycles. The van der Waals surface area contributed by atoms with Gasteiger partial charge in [-0.05, 0) is 19.3 Å². The number of carbonyl (C=O) groups is 1. The van der Waals surface area contributed by atoms with Gasteiger partial charge in [-0.3, -0.25) is 4.79 Å². The van der Waals surface area contributed by atoms with E-state index in [1.165, 1.54) is 0 Å². The quantitative estimate of drug-likeness (QED) is 0.431. The molecule has 0 heterocycles. The van der Waals surface area contributed by atoms with Gasteiger partial charge in [-0.15, -0.1) is 6.58 Å². The van der Waals surface area contributed by atoms with Crippen LogP contribution in [0.2, 0.25) is 0 Å². The van der Waals surface area contributed by atoms with Gasteiger partial charge in [0, 0.05) is 6.42 Å². The molecule has 0 bridgehead atoms. The largest absolute Gasteiger partial charge is 0.643 e.